The molecule has 2 aromatic rings. The predicted molar refractivity (Wildman–Crippen MR) is 97.7 cm³/mol. The first kappa shape index (κ1) is 21.8. The summed E-state index contributed by atoms with van der Waals surface area (Å²) in [4.78, 5) is 25.8. The highest BCUT2D eigenvalue weighted by atomic mass is 35.5. The number of anilines is 1. The van der Waals surface area contributed by atoms with E-state index < -0.39 is 23.7 Å². The first-order valence-electron chi connectivity index (χ1n) is 8.25. The van der Waals surface area contributed by atoms with Gasteiger partial charge in [-0.1, -0.05) is 11.6 Å². The van der Waals surface area contributed by atoms with Gasteiger partial charge in [0.25, 0.3) is 0 Å². The molecule has 152 valence electrons. The minimum Gasteiger partial charge on any atom is -0.467 e. The second kappa shape index (κ2) is 9.11. The van der Waals surface area contributed by atoms with Crippen molar-refractivity contribution in [2.24, 2.45) is 0 Å². The average molecular weight is 418 g/mol. The molecule has 0 spiro atoms. The van der Waals surface area contributed by atoms with Crippen molar-refractivity contribution >= 4 is 29.1 Å². The lowest BCUT2D eigenvalue weighted by molar-refractivity contribution is -0.137. The van der Waals surface area contributed by atoms with E-state index in [2.05, 4.69) is 10.6 Å². The van der Waals surface area contributed by atoms with Gasteiger partial charge in [-0.05, 0) is 44.3 Å². The number of nitrogens with one attached hydrogen (secondary N) is 2. The van der Waals surface area contributed by atoms with Gasteiger partial charge in [-0.15, -0.1) is 0 Å². The van der Waals surface area contributed by atoms with Gasteiger partial charge in [0.15, 0.2) is 0 Å². The zero-order valence-electron chi connectivity index (χ0n) is 15.1. The molecule has 0 saturated heterocycles. The highest BCUT2D eigenvalue weighted by Gasteiger charge is 2.31. The van der Waals surface area contributed by atoms with Gasteiger partial charge in [0.1, 0.15) is 5.76 Å². The Balaban J connectivity index is 1.93. The number of carbonyl (C=O) groups excluding carboxylic acids is 2. The highest BCUT2D eigenvalue weighted by molar-refractivity contribution is 6.33. The van der Waals surface area contributed by atoms with Gasteiger partial charge >= 0.3 is 6.18 Å². The average Bonchev–Trinajstić information content (AvgIpc) is 3.13. The van der Waals surface area contributed by atoms with E-state index in [1.807, 2.05) is 0 Å². The van der Waals surface area contributed by atoms with Crippen LogP contribution in [0.4, 0.5) is 18.9 Å². The first-order chi connectivity index (χ1) is 13.1. The van der Waals surface area contributed by atoms with E-state index in [1.165, 1.54) is 18.1 Å². The summed E-state index contributed by atoms with van der Waals surface area (Å²) < 4.78 is 43.6. The summed E-state index contributed by atoms with van der Waals surface area (Å²) >= 11 is 5.88. The van der Waals surface area contributed by atoms with Gasteiger partial charge < -0.3 is 15.1 Å². The van der Waals surface area contributed by atoms with Crippen LogP contribution >= 0.6 is 11.6 Å². The van der Waals surface area contributed by atoms with E-state index in [1.54, 1.807) is 19.2 Å². The zero-order valence-corrected chi connectivity index (χ0v) is 15.9. The number of rotatable bonds is 7. The van der Waals surface area contributed by atoms with E-state index in [0.29, 0.717) is 5.76 Å². The van der Waals surface area contributed by atoms with E-state index in [0.717, 1.165) is 18.2 Å². The molecule has 2 rings (SSSR count). The third-order valence-corrected chi connectivity index (χ3v) is 4.35. The molecule has 0 aliphatic rings. The van der Waals surface area contributed by atoms with Crippen LogP contribution in [-0.2, 0) is 22.3 Å². The Morgan fingerprint density at radius 3 is 2.61 bits per heavy atom. The topological polar surface area (TPSA) is 74.6 Å². The Morgan fingerprint density at radius 1 is 1.29 bits per heavy atom. The Bertz CT molecular complexity index is 825. The van der Waals surface area contributed by atoms with Gasteiger partial charge in [0, 0.05) is 0 Å². The number of halogens is 4. The van der Waals surface area contributed by atoms with Crippen molar-refractivity contribution in [1.82, 2.24) is 10.2 Å². The van der Waals surface area contributed by atoms with E-state index in [9.17, 15) is 22.8 Å². The predicted octanol–water partition coefficient (Wildman–Crippen LogP) is 3.53. The normalized spacial score (nSPS) is 12.7. The Labute approximate surface area is 164 Å². The largest absolute Gasteiger partial charge is 0.467 e. The number of alkyl halides is 3. The molecule has 0 aliphatic heterocycles. The maximum absolute atomic E-state index is 12.8. The number of hydrogen-bond donors (Lipinski definition) is 2. The van der Waals surface area contributed by atoms with Gasteiger partial charge in [0.05, 0.1) is 41.7 Å². The second-order valence-corrected chi connectivity index (χ2v) is 6.54. The molecule has 28 heavy (non-hydrogen) atoms. The Kier molecular flexibility index (Phi) is 7.09. The standard InChI is InChI=1S/C18H19ClF3N3O3/c1-11(25(2)10-16(26)23-9-13-4-3-7-28-13)17(27)24-15-8-12(18(20,21)22)5-6-14(15)19/h3-8,11H,9-10H2,1-2H3,(H,23,26)(H,24,27). The molecule has 0 fully saturated rings. The lowest BCUT2D eigenvalue weighted by Gasteiger charge is -2.23. The fraction of sp³-hybridized carbons (Fsp3) is 0.333. The Morgan fingerprint density at radius 2 is 2.00 bits per heavy atom. The molecule has 1 atom stereocenters. The lowest BCUT2D eigenvalue weighted by Crippen LogP contribution is -2.44. The van der Waals surface area contributed by atoms with E-state index in [-0.39, 0.29) is 29.7 Å². The maximum Gasteiger partial charge on any atom is 0.416 e. The van der Waals surface area contributed by atoms with Crippen LogP contribution in [-0.4, -0.2) is 36.3 Å². The number of benzene rings is 1. The van der Waals surface area contributed by atoms with Crippen molar-refractivity contribution < 1.29 is 27.2 Å². The van der Waals surface area contributed by atoms with Crippen LogP contribution in [0.2, 0.25) is 5.02 Å². The Hall–Kier alpha value is -2.52. The molecule has 0 aliphatic carbocycles. The minimum absolute atomic E-state index is 0.0209. The molecule has 1 aromatic heterocycles. The van der Waals surface area contributed by atoms with Crippen molar-refractivity contribution in [3.8, 4) is 0 Å². The second-order valence-electron chi connectivity index (χ2n) is 6.13. The molecule has 2 amide bonds. The van der Waals surface area contributed by atoms with Crippen LogP contribution in [0.25, 0.3) is 0 Å². The number of furan rings is 1. The van der Waals surface area contributed by atoms with Crippen LogP contribution < -0.4 is 10.6 Å². The van der Waals surface area contributed by atoms with Crippen LogP contribution in [0.5, 0.6) is 0 Å². The number of carbonyl (C=O) groups is 2. The van der Waals surface area contributed by atoms with Crippen molar-refractivity contribution in [2.75, 3.05) is 18.9 Å². The molecule has 1 heterocycles. The summed E-state index contributed by atoms with van der Waals surface area (Å²) in [5, 5.41) is 4.99. The number of nitrogens with zero attached hydrogens (tertiary/aromatic N) is 1. The molecule has 2 N–H and O–H groups in total. The van der Waals surface area contributed by atoms with E-state index in [4.69, 9.17) is 16.0 Å². The third kappa shape index (κ3) is 6.00. The summed E-state index contributed by atoms with van der Waals surface area (Å²) in [5.41, 5.74) is -1.07. The SMILES string of the molecule is CC(C(=O)Nc1cc(C(F)(F)F)ccc1Cl)N(C)CC(=O)NCc1ccco1. The van der Waals surface area contributed by atoms with Crippen LogP contribution in [0, 0.1) is 0 Å². The van der Waals surface area contributed by atoms with Crippen LogP contribution in [0.15, 0.2) is 41.0 Å². The summed E-state index contributed by atoms with van der Waals surface area (Å²) in [5.74, 6) is -0.348. The van der Waals surface area contributed by atoms with Gasteiger partial charge in [-0.25, -0.2) is 0 Å². The number of hydrogen-bond acceptors (Lipinski definition) is 4. The van der Waals surface area contributed by atoms with Crippen molar-refractivity contribution in [3.05, 3.63) is 52.9 Å². The molecule has 6 nitrogen and oxygen atoms in total. The molecule has 0 radical (unpaired) electrons. The van der Waals surface area contributed by atoms with Crippen molar-refractivity contribution in [2.45, 2.75) is 25.7 Å². The third-order valence-electron chi connectivity index (χ3n) is 4.03. The van der Waals surface area contributed by atoms with Crippen LogP contribution in [0.3, 0.4) is 0 Å². The number of amides is 2. The lowest BCUT2D eigenvalue weighted by atomic mass is 10.2. The maximum atomic E-state index is 12.8. The highest BCUT2D eigenvalue weighted by Crippen LogP contribution is 2.33. The molecule has 1 aromatic carbocycles. The van der Waals surface area contributed by atoms with Crippen molar-refractivity contribution in [3.63, 3.8) is 0 Å². The molecule has 10 heteroatoms. The van der Waals surface area contributed by atoms with Gasteiger partial charge in [0.2, 0.25) is 11.8 Å². The minimum atomic E-state index is -4.56. The molecule has 0 saturated carbocycles. The fourth-order valence-corrected chi connectivity index (χ4v) is 2.42. The van der Waals surface area contributed by atoms with Crippen LogP contribution in [0.1, 0.15) is 18.2 Å². The summed E-state index contributed by atoms with van der Waals surface area (Å²) in [6.07, 6.45) is -3.07. The fourth-order valence-electron chi connectivity index (χ4n) is 2.25. The monoisotopic (exact) mass is 417 g/mol. The number of likely N-dealkylation sites (N-methyl/N-ethyl adjacent to an activating group) is 1. The molecule has 1 unspecified atom stereocenters. The van der Waals surface area contributed by atoms with E-state index >= 15 is 0 Å². The van der Waals surface area contributed by atoms with Gasteiger partial charge in [-0.3, -0.25) is 14.5 Å². The summed E-state index contributed by atoms with van der Waals surface area (Å²) in [6, 6.07) is 5.27. The smallest absolute Gasteiger partial charge is 0.416 e. The summed E-state index contributed by atoms with van der Waals surface area (Å²) in [6.45, 7) is 1.64. The summed E-state index contributed by atoms with van der Waals surface area (Å²) in [7, 11) is 1.55. The van der Waals surface area contributed by atoms with Gasteiger partial charge in [-0.2, -0.15) is 13.2 Å². The first-order valence-corrected chi connectivity index (χ1v) is 8.62. The quantitative estimate of drug-likeness (QED) is 0.722. The molecular weight excluding hydrogens is 399 g/mol. The molecular formula is C18H19ClF3N3O3. The zero-order chi connectivity index (χ0) is 20.9. The molecule has 0 bridgehead atoms. The van der Waals surface area contributed by atoms with Crippen molar-refractivity contribution in [1.29, 1.82) is 0 Å².